The van der Waals surface area contributed by atoms with Gasteiger partial charge < -0.3 is 10.1 Å². The highest BCUT2D eigenvalue weighted by Gasteiger charge is 2.21. The summed E-state index contributed by atoms with van der Waals surface area (Å²) in [5.74, 6) is 0.628. The van der Waals surface area contributed by atoms with Crippen molar-refractivity contribution in [2.45, 2.75) is 31.6 Å². The molecule has 9 heteroatoms. The van der Waals surface area contributed by atoms with Gasteiger partial charge in [-0.2, -0.15) is 5.10 Å². The van der Waals surface area contributed by atoms with Gasteiger partial charge in [0.25, 0.3) is 0 Å². The number of hydrogen-bond donors (Lipinski definition) is 3. The van der Waals surface area contributed by atoms with E-state index in [1.165, 1.54) is 0 Å². The van der Waals surface area contributed by atoms with Gasteiger partial charge in [-0.1, -0.05) is 18.2 Å². The minimum atomic E-state index is -3.64. The zero-order valence-electron chi connectivity index (χ0n) is 14.9. The first-order valence-corrected chi connectivity index (χ1v) is 9.84. The van der Waals surface area contributed by atoms with Crippen molar-refractivity contribution in [1.82, 2.24) is 20.2 Å². The number of nitrogens with one attached hydrogen (secondary N) is 3. The lowest BCUT2D eigenvalue weighted by Crippen LogP contribution is -2.35. The van der Waals surface area contributed by atoms with Gasteiger partial charge in [-0.25, -0.2) is 13.1 Å². The fourth-order valence-electron chi connectivity index (χ4n) is 2.42. The minimum Gasteiger partial charge on any atom is -0.494 e. The number of aromatic amines is 1. The summed E-state index contributed by atoms with van der Waals surface area (Å²) >= 11 is 0. The second-order valence-corrected chi connectivity index (χ2v) is 7.48. The summed E-state index contributed by atoms with van der Waals surface area (Å²) in [6.07, 6.45) is 0.902. The molecule has 0 spiro atoms. The van der Waals surface area contributed by atoms with E-state index in [-0.39, 0.29) is 23.9 Å². The molecule has 0 aliphatic rings. The minimum absolute atomic E-state index is 0.110. The molecular weight excluding hydrogens is 356 g/mol. The van der Waals surface area contributed by atoms with Crippen LogP contribution in [-0.4, -0.2) is 44.2 Å². The molecule has 0 bridgehead atoms. The number of aromatic nitrogens is 2. The monoisotopic (exact) mass is 380 g/mol. The van der Waals surface area contributed by atoms with Crippen molar-refractivity contribution in [2.75, 3.05) is 19.7 Å². The molecule has 0 aliphatic carbocycles. The maximum atomic E-state index is 12.2. The van der Waals surface area contributed by atoms with E-state index in [1.807, 2.05) is 30.3 Å². The quantitative estimate of drug-likeness (QED) is 0.538. The van der Waals surface area contributed by atoms with Gasteiger partial charge in [-0.05, 0) is 32.4 Å². The van der Waals surface area contributed by atoms with Crippen LogP contribution in [0.1, 0.15) is 24.2 Å². The van der Waals surface area contributed by atoms with Gasteiger partial charge in [0, 0.05) is 19.5 Å². The normalized spacial score (nSPS) is 11.3. The van der Waals surface area contributed by atoms with Crippen LogP contribution in [0.3, 0.4) is 0 Å². The lowest BCUT2D eigenvalue weighted by molar-refractivity contribution is -0.121. The van der Waals surface area contributed by atoms with Crippen molar-refractivity contribution in [2.24, 2.45) is 0 Å². The van der Waals surface area contributed by atoms with Crippen molar-refractivity contribution in [3.63, 3.8) is 0 Å². The Kier molecular flexibility index (Phi) is 7.16. The summed E-state index contributed by atoms with van der Waals surface area (Å²) in [7, 11) is -3.64. The predicted octanol–water partition coefficient (Wildman–Crippen LogP) is 1.28. The molecule has 1 aromatic heterocycles. The molecule has 26 heavy (non-hydrogen) atoms. The number of para-hydroxylation sites is 1. The van der Waals surface area contributed by atoms with Gasteiger partial charge in [0.1, 0.15) is 10.6 Å². The van der Waals surface area contributed by atoms with Crippen LogP contribution in [0, 0.1) is 13.8 Å². The number of rotatable bonds is 10. The van der Waals surface area contributed by atoms with Gasteiger partial charge in [0.15, 0.2) is 0 Å². The molecule has 0 saturated heterocycles. The maximum Gasteiger partial charge on any atom is 0.244 e. The zero-order chi connectivity index (χ0) is 19.0. The van der Waals surface area contributed by atoms with E-state index in [2.05, 4.69) is 20.2 Å². The summed E-state index contributed by atoms with van der Waals surface area (Å²) in [4.78, 5) is 11.9. The van der Waals surface area contributed by atoms with Crippen molar-refractivity contribution < 1.29 is 17.9 Å². The van der Waals surface area contributed by atoms with Gasteiger partial charge in [0.05, 0.1) is 18.0 Å². The number of carbonyl (C=O) groups excluding carboxylic acids is 1. The molecule has 0 atom stereocenters. The fraction of sp³-hybridized carbons (Fsp3) is 0.412. The summed E-state index contributed by atoms with van der Waals surface area (Å²) < 4.78 is 32.4. The molecule has 2 rings (SSSR count). The lowest BCUT2D eigenvalue weighted by atomic mass is 10.3. The maximum absolute atomic E-state index is 12.2. The Morgan fingerprint density at radius 1 is 1.19 bits per heavy atom. The summed E-state index contributed by atoms with van der Waals surface area (Å²) in [6.45, 7) is 4.04. The molecule has 0 fully saturated rings. The first-order valence-electron chi connectivity index (χ1n) is 8.36. The predicted molar refractivity (Wildman–Crippen MR) is 97.4 cm³/mol. The number of amides is 1. The molecule has 0 aliphatic heterocycles. The first kappa shape index (κ1) is 19.9. The lowest BCUT2D eigenvalue weighted by Gasteiger charge is -2.09. The Hall–Kier alpha value is -2.39. The Morgan fingerprint density at radius 3 is 2.58 bits per heavy atom. The van der Waals surface area contributed by atoms with E-state index >= 15 is 0 Å². The summed E-state index contributed by atoms with van der Waals surface area (Å²) in [6, 6.07) is 9.39. The Morgan fingerprint density at radius 2 is 1.92 bits per heavy atom. The number of hydrogen-bond acceptors (Lipinski definition) is 5. The van der Waals surface area contributed by atoms with E-state index < -0.39 is 10.0 Å². The van der Waals surface area contributed by atoms with Crippen molar-refractivity contribution >= 4 is 15.9 Å². The Bertz CT molecular complexity index is 799. The number of carbonyl (C=O) groups is 1. The van der Waals surface area contributed by atoms with Gasteiger partial charge >= 0.3 is 0 Å². The molecule has 8 nitrogen and oxygen atoms in total. The highest BCUT2D eigenvalue weighted by Crippen LogP contribution is 2.15. The standard InChI is InChI=1S/C17H24N4O4S/c1-13-17(14(2)21-20-13)26(23,24)19-11-10-18-16(22)9-6-12-25-15-7-4-3-5-8-15/h3-5,7-8,19H,6,9-12H2,1-2H3,(H,18,22)(H,20,21). The highest BCUT2D eigenvalue weighted by atomic mass is 32.2. The summed E-state index contributed by atoms with van der Waals surface area (Å²) in [5.41, 5.74) is 0.898. The Balaban J connectivity index is 1.62. The van der Waals surface area contributed by atoms with E-state index in [1.54, 1.807) is 13.8 Å². The zero-order valence-corrected chi connectivity index (χ0v) is 15.7. The third-order valence-electron chi connectivity index (χ3n) is 3.63. The molecule has 0 saturated carbocycles. The largest absolute Gasteiger partial charge is 0.494 e. The molecule has 1 aromatic carbocycles. The average Bonchev–Trinajstić information content (AvgIpc) is 2.96. The third kappa shape index (κ3) is 5.85. The molecule has 142 valence electrons. The Labute approximate surface area is 153 Å². The molecule has 1 heterocycles. The second kappa shape index (κ2) is 9.35. The van der Waals surface area contributed by atoms with Crippen LogP contribution in [-0.2, 0) is 14.8 Å². The van der Waals surface area contributed by atoms with E-state index in [9.17, 15) is 13.2 Å². The van der Waals surface area contributed by atoms with Crippen LogP contribution in [0.25, 0.3) is 0 Å². The fourth-order valence-corrected chi connectivity index (χ4v) is 3.82. The number of H-pyrrole nitrogens is 1. The van der Waals surface area contributed by atoms with Gasteiger partial charge in [-0.3, -0.25) is 9.89 Å². The average molecular weight is 380 g/mol. The van der Waals surface area contributed by atoms with E-state index in [4.69, 9.17) is 4.74 Å². The number of sulfonamides is 1. The van der Waals surface area contributed by atoms with Gasteiger partial charge in [-0.15, -0.1) is 0 Å². The van der Waals surface area contributed by atoms with E-state index in [0.717, 1.165) is 5.75 Å². The number of ether oxygens (including phenoxy) is 1. The molecule has 0 unspecified atom stereocenters. The third-order valence-corrected chi connectivity index (χ3v) is 5.35. The second-order valence-electron chi connectivity index (χ2n) is 5.78. The van der Waals surface area contributed by atoms with Crippen LogP contribution >= 0.6 is 0 Å². The number of nitrogens with zero attached hydrogens (tertiary/aromatic N) is 1. The highest BCUT2D eigenvalue weighted by molar-refractivity contribution is 7.89. The first-order chi connectivity index (χ1) is 12.4. The van der Waals surface area contributed by atoms with Crippen molar-refractivity contribution in [1.29, 1.82) is 0 Å². The van der Waals surface area contributed by atoms with Gasteiger partial charge in [0.2, 0.25) is 15.9 Å². The topological polar surface area (TPSA) is 113 Å². The molecule has 3 N–H and O–H groups in total. The van der Waals surface area contributed by atoms with E-state index in [0.29, 0.717) is 30.8 Å². The molecule has 1 amide bonds. The van der Waals surface area contributed by atoms with Crippen molar-refractivity contribution in [3.8, 4) is 5.75 Å². The van der Waals surface area contributed by atoms with Crippen LogP contribution in [0.5, 0.6) is 5.75 Å². The smallest absolute Gasteiger partial charge is 0.244 e. The molecule has 0 radical (unpaired) electrons. The van der Waals surface area contributed by atoms with Crippen LogP contribution in [0.2, 0.25) is 0 Å². The summed E-state index contributed by atoms with van der Waals surface area (Å²) in [5, 5.41) is 9.20. The molecular formula is C17H24N4O4S. The molecule has 2 aromatic rings. The van der Waals surface area contributed by atoms with Crippen molar-refractivity contribution in [3.05, 3.63) is 41.7 Å². The number of aryl methyl sites for hydroxylation is 2. The van der Waals surface area contributed by atoms with Crippen LogP contribution in [0.4, 0.5) is 0 Å². The SMILES string of the molecule is Cc1n[nH]c(C)c1S(=O)(=O)NCCNC(=O)CCCOc1ccccc1. The van der Waals surface area contributed by atoms with Crippen LogP contribution < -0.4 is 14.8 Å². The number of benzene rings is 1. The van der Waals surface area contributed by atoms with Crippen LogP contribution in [0.15, 0.2) is 35.2 Å².